The van der Waals surface area contributed by atoms with E-state index in [-0.39, 0.29) is 5.91 Å². The zero-order valence-electron chi connectivity index (χ0n) is 21.8. The molecule has 0 bridgehead atoms. The van der Waals surface area contributed by atoms with E-state index in [1.807, 2.05) is 27.6 Å². The molecule has 0 aromatic carbocycles. The maximum absolute atomic E-state index is 13.6. The second-order valence-electron chi connectivity index (χ2n) is 10.3. The van der Waals surface area contributed by atoms with Crippen LogP contribution in [0.4, 0.5) is 0 Å². The van der Waals surface area contributed by atoms with Crippen LogP contribution in [0.25, 0.3) is 17.2 Å². The van der Waals surface area contributed by atoms with Crippen LogP contribution < -0.4 is 0 Å². The van der Waals surface area contributed by atoms with Crippen LogP contribution in [-0.2, 0) is 6.42 Å². The van der Waals surface area contributed by atoms with Crippen LogP contribution in [0.3, 0.4) is 0 Å². The summed E-state index contributed by atoms with van der Waals surface area (Å²) < 4.78 is 7.48. The molecule has 3 heterocycles. The Kier molecular flexibility index (Phi) is 8.83. The highest BCUT2D eigenvalue weighted by Crippen LogP contribution is 2.25. The van der Waals surface area contributed by atoms with Crippen molar-refractivity contribution in [1.29, 1.82) is 0 Å². The van der Waals surface area contributed by atoms with Crippen LogP contribution in [0.2, 0.25) is 0 Å². The third kappa shape index (κ3) is 6.65. The predicted octanol–water partition coefficient (Wildman–Crippen LogP) is 4.72. The number of rotatable bonds is 12. The van der Waals surface area contributed by atoms with E-state index in [9.17, 15) is 4.79 Å². The molecule has 0 radical (unpaired) electrons. The third-order valence-corrected chi connectivity index (χ3v) is 5.95. The number of carbonyl (C=O) groups excluding carboxylic acids is 1. The Hall–Kier alpha value is -2.74. The van der Waals surface area contributed by atoms with Gasteiger partial charge in [0.05, 0.1) is 11.3 Å². The Balaban J connectivity index is 1.97. The standard InChI is InChI=1S/C26H40N6O2/c1-18(2)12-15-31(16-13-19(3)4)26(33)21-10-11-23-28-24(25-27-20(5)29-34-25)22(32(23)17-21)9-8-14-30(6)7/h10-11,17-19H,8-9,12-16H2,1-7H3. The molecule has 3 aromatic heterocycles. The molecule has 0 atom stereocenters. The van der Waals surface area contributed by atoms with Crippen LogP contribution in [0.5, 0.6) is 0 Å². The van der Waals surface area contributed by atoms with Gasteiger partial charge in [0.2, 0.25) is 0 Å². The van der Waals surface area contributed by atoms with Crippen LogP contribution in [0.1, 0.15) is 68.8 Å². The van der Waals surface area contributed by atoms with Crippen molar-refractivity contribution in [3.63, 3.8) is 0 Å². The second-order valence-corrected chi connectivity index (χ2v) is 10.3. The fourth-order valence-corrected chi connectivity index (χ4v) is 3.91. The first-order chi connectivity index (χ1) is 16.2. The number of fused-ring (bicyclic) bond motifs is 1. The fourth-order valence-electron chi connectivity index (χ4n) is 3.91. The van der Waals surface area contributed by atoms with Gasteiger partial charge in [0.1, 0.15) is 5.65 Å². The summed E-state index contributed by atoms with van der Waals surface area (Å²) in [5.74, 6) is 2.17. The van der Waals surface area contributed by atoms with Gasteiger partial charge in [-0.15, -0.1) is 0 Å². The number of hydrogen-bond acceptors (Lipinski definition) is 6. The smallest absolute Gasteiger partial charge is 0.278 e. The van der Waals surface area contributed by atoms with E-state index in [1.165, 1.54) is 0 Å². The van der Waals surface area contributed by atoms with E-state index in [4.69, 9.17) is 9.51 Å². The van der Waals surface area contributed by atoms with Crippen molar-refractivity contribution in [3.8, 4) is 11.6 Å². The Bertz CT molecular complexity index is 1070. The highest BCUT2D eigenvalue weighted by molar-refractivity contribution is 5.94. The summed E-state index contributed by atoms with van der Waals surface area (Å²) in [6.07, 6.45) is 5.66. The van der Waals surface area contributed by atoms with E-state index in [0.717, 1.165) is 56.7 Å². The Morgan fingerprint density at radius 2 is 1.71 bits per heavy atom. The monoisotopic (exact) mass is 468 g/mol. The van der Waals surface area contributed by atoms with Gasteiger partial charge in [0, 0.05) is 19.3 Å². The first kappa shape index (κ1) is 25.9. The summed E-state index contributed by atoms with van der Waals surface area (Å²) in [5.41, 5.74) is 3.14. The number of pyridine rings is 1. The van der Waals surface area contributed by atoms with Gasteiger partial charge in [-0.3, -0.25) is 4.79 Å². The normalized spacial score (nSPS) is 11.9. The molecule has 0 fully saturated rings. The predicted molar refractivity (Wildman–Crippen MR) is 135 cm³/mol. The second kappa shape index (κ2) is 11.6. The molecule has 1 amide bonds. The molecular weight excluding hydrogens is 428 g/mol. The highest BCUT2D eigenvalue weighted by atomic mass is 16.5. The first-order valence-corrected chi connectivity index (χ1v) is 12.4. The van der Waals surface area contributed by atoms with Gasteiger partial charge in [-0.2, -0.15) is 4.98 Å². The average molecular weight is 469 g/mol. The zero-order valence-corrected chi connectivity index (χ0v) is 21.8. The molecule has 186 valence electrons. The lowest BCUT2D eigenvalue weighted by Gasteiger charge is -2.24. The van der Waals surface area contributed by atoms with Gasteiger partial charge in [-0.25, -0.2) is 4.98 Å². The van der Waals surface area contributed by atoms with Gasteiger partial charge in [0.15, 0.2) is 11.5 Å². The Morgan fingerprint density at radius 1 is 1.03 bits per heavy atom. The molecule has 0 N–H and O–H groups in total. The first-order valence-electron chi connectivity index (χ1n) is 12.4. The van der Waals surface area contributed by atoms with E-state index < -0.39 is 0 Å². The molecule has 0 spiro atoms. The maximum Gasteiger partial charge on any atom is 0.278 e. The van der Waals surface area contributed by atoms with Crippen LogP contribution >= 0.6 is 0 Å². The van der Waals surface area contributed by atoms with Crippen molar-refractivity contribution in [2.75, 3.05) is 33.7 Å². The van der Waals surface area contributed by atoms with Gasteiger partial charge in [0.25, 0.3) is 11.8 Å². The SMILES string of the molecule is Cc1noc(-c2nc3ccc(C(=O)N(CCC(C)C)CCC(C)C)cn3c2CCCN(C)C)n1. The van der Waals surface area contributed by atoms with Crippen molar-refractivity contribution in [1.82, 2.24) is 29.3 Å². The molecule has 0 unspecified atom stereocenters. The lowest BCUT2D eigenvalue weighted by molar-refractivity contribution is 0.0740. The van der Waals surface area contributed by atoms with Crippen molar-refractivity contribution < 1.29 is 9.32 Å². The molecule has 8 heteroatoms. The minimum atomic E-state index is 0.0753. The topological polar surface area (TPSA) is 79.8 Å². The molecular formula is C26H40N6O2. The summed E-state index contributed by atoms with van der Waals surface area (Å²) in [6.45, 7) is 13.1. The molecule has 0 aliphatic heterocycles. The molecule has 3 rings (SSSR count). The number of imidazole rings is 1. The van der Waals surface area contributed by atoms with E-state index in [2.05, 4.69) is 56.8 Å². The highest BCUT2D eigenvalue weighted by Gasteiger charge is 2.22. The van der Waals surface area contributed by atoms with Crippen molar-refractivity contribution in [3.05, 3.63) is 35.4 Å². The third-order valence-electron chi connectivity index (χ3n) is 5.95. The number of carbonyl (C=O) groups is 1. The lowest BCUT2D eigenvalue weighted by Crippen LogP contribution is -2.34. The molecule has 34 heavy (non-hydrogen) atoms. The number of aryl methyl sites for hydroxylation is 2. The summed E-state index contributed by atoms with van der Waals surface area (Å²) in [6, 6.07) is 3.80. The quantitative estimate of drug-likeness (QED) is 0.383. The van der Waals surface area contributed by atoms with E-state index >= 15 is 0 Å². The minimum absolute atomic E-state index is 0.0753. The van der Waals surface area contributed by atoms with Gasteiger partial charge >= 0.3 is 0 Å². The summed E-state index contributed by atoms with van der Waals surface area (Å²) in [7, 11) is 4.13. The number of hydrogen-bond donors (Lipinski definition) is 0. The van der Waals surface area contributed by atoms with Crippen molar-refractivity contribution >= 4 is 11.6 Å². The minimum Gasteiger partial charge on any atom is -0.339 e. The van der Waals surface area contributed by atoms with Crippen molar-refractivity contribution in [2.24, 2.45) is 11.8 Å². The van der Waals surface area contributed by atoms with Gasteiger partial charge in [-0.05, 0) is 77.2 Å². The lowest BCUT2D eigenvalue weighted by atomic mass is 10.1. The molecule has 8 nitrogen and oxygen atoms in total. The Labute approximate surface area is 203 Å². The zero-order chi connectivity index (χ0) is 24.8. The van der Waals surface area contributed by atoms with Crippen LogP contribution in [0, 0.1) is 18.8 Å². The number of nitrogens with zero attached hydrogens (tertiary/aromatic N) is 6. The summed E-state index contributed by atoms with van der Waals surface area (Å²) in [4.78, 5) is 26.9. The molecule has 0 aliphatic carbocycles. The average Bonchev–Trinajstić information content (AvgIpc) is 3.36. The molecule has 0 aliphatic rings. The maximum atomic E-state index is 13.6. The van der Waals surface area contributed by atoms with Gasteiger partial charge in [-0.1, -0.05) is 32.9 Å². The number of aromatic nitrogens is 4. The fraction of sp³-hybridized carbons (Fsp3) is 0.615. The van der Waals surface area contributed by atoms with Crippen molar-refractivity contribution in [2.45, 2.75) is 60.3 Å². The molecule has 0 saturated carbocycles. The van der Waals surface area contributed by atoms with Crippen LogP contribution in [0.15, 0.2) is 22.9 Å². The largest absolute Gasteiger partial charge is 0.339 e. The van der Waals surface area contributed by atoms with Crippen LogP contribution in [-0.4, -0.2) is 69.0 Å². The van der Waals surface area contributed by atoms with Gasteiger partial charge < -0.3 is 18.7 Å². The van der Waals surface area contributed by atoms with E-state index in [0.29, 0.717) is 34.8 Å². The molecule has 0 saturated heterocycles. The summed E-state index contributed by atoms with van der Waals surface area (Å²) >= 11 is 0. The molecule has 3 aromatic rings. The van der Waals surface area contributed by atoms with E-state index in [1.54, 1.807) is 6.92 Å². The Morgan fingerprint density at radius 3 is 2.26 bits per heavy atom. The number of amides is 1. The summed E-state index contributed by atoms with van der Waals surface area (Å²) in [5, 5.41) is 3.95.